The van der Waals surface area contributed by atoms with Crippen molar-refractivity contribution in [1.82, 2.24) is 4.57 Å². The molecule has 5 aromatic rings. The first-order valence-corrected chi connectivity index (χ1v) is 12.7. The Kier molecular flexibility index (Phi) is 7.59. The molecule has 202 valence electrons. The number of halogens is 2. The Bertz CT molecular complexity index is 1780. The second kappa shape index (κ2) is 11.4. The van der Waals surface area contributed by atoms with Gasteiger partial charge in [0.05, 0.1) is 13.0 Å². The van der Waals surface area contributed by atoms with E-state index in [0.29, 0.717) is 29.2 Å². The summed E-state index contributed by atoms with van der Waals surface area (Å²) >= 11 is 0. The zero-order valence-corrected chi connectivity index (χ0v) is 21.9. The number of aromatic nitrogens is 1. The minimum Gasteiger partial charge on any atom is -0.493 e. The minimum atomic E-state index is -0.871. The number of carbonyl (C=O) groups is 1. The first kappa shape index (κ1) is 26.6. The Hall–Kier alpha value is -4.98. The van der Waals surface area contributed by atoms with Gasteiger partial charge in [-0.05, 0) is 53.6 Å². The first-order valence-electron chi connectivity index (χ1n) is 12.7. The lowest BCUT2D eigenvalue weighted by Gasteiger charge is -2.17. The Balaban J connectivity index is 1.53. The van der Waals surface area contributed by atoms with Gasteiger partial charge in [-0.3, -0.25) is 9.59 Å². The normalized spacial score (nSPS) is 10.9. The lowest BCUT2D eigenvalue weighted by Crippen LogP contribution is -2.16. The smallest absolute Gasteiger partial charge is 0.254 e. The molecule has 0 aliphatic rings. The first-order chi connectivity index (χ1) is 19.3. The topological polar surface area (TPSA) is 69.6 Å². The molecule has 0 atom stereocenters. The molecular formula is C32H26F2N2O4. The summed E-state index contributed by atoms with van der Waals surface area (Å²) in [5.74, 6) is -1.49. The number of hydrogen-bond donors (Lipinski definition) is 1. The molecule has 0 radical (unpaired) electrons. The van der Waals surface area contributed by atoms with Gasteiger partial charge >= 0.3 is 0 Å². The molecule has 1 heterocycles. The molecule has 0 aliphatic heterocycles. The van der Waals surface area contributed by atoms with E-state index in [1.165, 1.54) is 16.7 Å². The fraction of sp³-hybridized carbons (Fsp3) is 0.125. The van der Waals surface area contributed by atoms with Crippen LogP contribution < -0.4 is 20.3 Å². The highest BCUT2D eigenvalue weighted by molar-refractivity contribution is 5.97. The number of fused-ring (bicyclic) bond motifs is 1. The SMILES string of the molecule is CCOc1cc(=O)n(C)cc1-c1cc(NC(=O)Cc2cccc3ccccc23)ccc1Oc1ccc(F)cc1F. The van der Waals surface area contributed by atoms with Crippen LogP contribution in [0.15, 0.2) is 95.9 Å². The third-order valence-corrected chi connectivity index (χ3v) is 6.39. The summed E-state index contributed by atoms with van der Waals surface area (Å²) in [4.78, 5) is 25.4. The molecule has 0 saturated carbocycles. The van der Waals surface area contributed by atoms with E-state index in [4.69, 9.17) is 9.47 Å². The van der Waals surface area contributed by atoms with Gasteiger partial charge in [0.2, 0.25) is 5.91 Å². The van der Waals surface area contributed by atoms with Crippen LogP contribution in [-0.4, -0.2) is 17.1 Å². The molecule has 0 spiro atoms. The molecule has 0 unspecified atom stereocenters. The van der Waals surface area contributed by atoms with Gasteiger partial charge in [-0.1, -0.05) is 42.5 Å². The monoisotopic (exact) mass is 540 g/mol. The van der Waals surface area contributed by atoms with E-state index in [2.05, 4.69) is 5.32 Å². The van der Waals surface area contributed by atoms with Gasteiger partial charge in [0.25, 0.3) is 5.56 Å². The molecular weight excluding hydrogens is 514 g/mol. The summed E-state index contributed by atoms with van der Waals surface area (Å²) in [6.45, 7) is 2.08. The Labute approximate surface area is 229 Å². The largest absolute Gasteiger partial charge is 0.493 e. The molecule has 1 aromatic heterocycles. The molecule has 1 N–H and O–H groups in total. The highest BCUT2D eigenvalue weighted by Crippen LogP contribution is 2.40. The van der Waals surface area contributed by atoms with Crippen LogP contribution in [0.5, 0.6) is 17.2 Å². The standard InChI is InChI=1S/C32H26F2N2O4/c1-3-39-30-18-32(38)36(2)19-26(30)25-17-23(12-14-28(25)40-29-13-11-22(33)16-27(29)34)35-31(37)15-21-9-6-8-20-7-4-5-10-24(20)21/h4-14,16-19H,3,15H2,1-2H3,(H,35,37). The van der Waals surface area contributed by atoms with Gasteiger partial charge in [0, 0.05) is 42.2 Å². The quantitative estimate of drug-likeness (QED) is 0.234. The second-order valence-electron chi connectivity index (χ2n) is 9.18. The third kappa shape index (κ3) is 5.71. The molecule has 40 heavy (non-hydrogen) atoms. The van der Waals surface area contributed by atoms with Gasteiger partial charge in [-0.25, -0.2) is 8.78 Å². The van der Waals surface area contributed by atoms with Crippen molar-refractivity contribution in [3.05, 3.63) is 119 Å². The Morgan fingerprint density at radius 1 is 0.875 bits per heavy atom. The molecule has 5 rings (SSSR count). The van der Waals surface area contributed by atoms with Crippen molar-refractivity contribution in [2.24, 2.45) is 7.05 Å². The number of ether oxygens (including phenoxy) is 2. The average Bonchev–Trinajstić information content (AvgIpc) is 2.93. The van der Waals surface area contributed by atoms with Crippen LogP contribution >= 0.6 is 0 Å². The van der Waals surface area contributed by atoms with Crippen molar-refractivity contribution in [1.29, 1.82) is 0 Å². The Morgan fingerprint density at radius 3 is 2.45 bits per heavy atom. The predicted octanol–water partition coefficient (Wildman–Crippen LogP) is 6.86. The van der Waals surface area contributed by atoms with E-state index >= 15 is 0 Å². The van der Waals surface area contributed by atoms with Crippen molar-refractivity contribution in [3.63, 3.8) is 0 Å². The maximum atomic E-state index is 14.5. The summed E-state index contributed by atoms with van der Waals surface area (Å²) < 4.78 is 40.9. The number of carbonyl (C=O) groups excluding carboxylic acids is 1. The number of hydrogen-bond acceptors (Lipinski definition) is 4. The molecule has 0 saturated heterocycles. The van der Waals surface area contributed by atoms with E-state index < -0.39 is 11.6 Å². The number of nitrogens with zero attached hydrogens (tertiary/aromatic N) is 1. The van der Waals surface area contributed by atoms with Crippen LogP contribution in [-0.2, 0) is 18.3 Å². The van der Waals surface area contributed by atoms with Crippen molar-refractivity contribution in [2.75, 3.05) is 11.9 Å². The van der Waals surface area contributed by atoms with E-state index in [9.17, 15) is 18.4 Å². The fourth-order valence-corrected chi connectivity index (χ4v) is 4.50. The van der Waals surface area contributed by atoms with Crippen LogP contribution in [0.2, 0.25) is 0 Å². The second-order valence-corrected chi connectivity index (χ2v) is 9.18. The zero-order valence-electron chi connectivity index (χ0n) is 21.9. The number of nitrogens with one attached hydrogen (secondary N) is 1. The van der Waals surface area contributed by atoms with Gasteiger partial charge < -0.3 is 19.4 Å². The number of anilines is 1. The summed E-state index contributed by atoms with van der Waals surface area (Å²) in [6, 6.07) is 22.9. The number of pyridine rings is 1. The van der Waals surface area contributed by atoms with Gasteiger partial charge in [0.15, 0.2) is 11.6 Å². The summed E-state index contributed by atoms with van der Waals surface area (Å²) in [6.07, 6.45) is 1.73. The molecule has 0 fully saturated rings. The molecule has 6 nitrogen and oxygen atoms in total. The maximum absolute atomic E-state index is 14.5. The van der Waals surface area contributed by atoms with Crippen molar-refractivity contribution in [3.8, 4) is 28.4 Å². The van der Waals surface area contributed by atoms with Crippen LogP contribution in [0.25, 0.3) is 21.9 Å². The van der Waals surface area contributed by atoms with Crippen LogP contribution in [0.1, 0.15) is 12.5 Å². The van der Waals surface area contributed by atoms with Gasteiger partial charge in [0.1, 0.15) is 17.3 Å². The predicted molar refractivity (Wildman–Crippen MR) is 151 cm³/mol. The number of aryl methyl sites for hydroxylation is 1. The Morgan fingerprint density at radius 2 is 1.65 bits per heavy atom. The molecule has 4 aromatic carbocycles. The van der Waals surface area contributed by atoms with E-state index in [-0.39, 0.29) is 29.4 Å². The third-order valence-electron chi connectivity index (χ3n) is 6.39. The minimum absolute atomic E-state index is 0.153. The molecule has 0 bridgehead atoms. The highest BCUT2D eigenvalue weighted by atomic mass is 19.1. The molecule has 0 aliphatic carbocycles. The van der Waals surface area contributed by atoms with E-state index in [0.717, 1.165) is 28.5 Å². The molecule has 1 amide bonds. The van der Waals surface area contributed by atoms with Gasteiger partial charge in [-0.15, -0.1) is 0 Å². The van der Waals surface area contributed by atoms with Crippen molar-refractivity contribution in [2.45, 2.75) is 13.3 Å². The average molecular weight is 541 g/mol. The van der Waals surface area contributed by atoms with Gasteiger partial charge in [-0.2, -0.15) is 0 Å². The number of benzene rings is 4. The zero-order chi connectivity index (χ0) is 28.2. The van der Waals surface area contributed by atoms with Crippen molar-refractivity contribution >= 4 is 22.4 Å². The van der Waals surface area contributed by atoms with E-state index in [1.54, 1.807) is 38.4 Å². The van der Waals surface area contributed by atoms with Crippen LogP contribution in [0.3, 0.4) is 0 Å². The summed E-state index contributed by atoms with van der Waals surface area (Å²) in [5, 5.41) is 4.97. The lowest BCUT2D eigenvalue weighted by molar-refractivity contribution is -0.115. The van der Waals surface area contributed by atoms with Crippen molar-refractivity contribution < 1.29 is 23.0 Å². The number of rotatable bonds is 8. The molecule has 8 heteroatoms. The maximum Gasteiger partial charge on any atom is 0.254 e. The highest BCUT2D eigenvalue weighted by Gasteiger charge is 2.18. The fourth-order valence-electron chi connectivity index (χ4n) is 4.50. The number of amides is 1. The summed E-state index contributed by atoms with van der Waals surface area (Å²) in [5.41, 5.74) is 2.00. The van der Waals surface area contributed by atoms with E-state index in [1.807, 2.05) is 42.5 Å². The summed E-state index contributed by atoms with van der Waals surface area (Å²) in [7, 11) is 1.59. The van der Waals surface area contributed by atoms with Crippen LogP contribution in [0, 0.1) is 11.6 Å². The lowest BCUT2D eigenvalue weighted by atomic mass is 10.0. The van der Waals surface area contributed by atoms with Crippen LogP contribution in [0.4, 0.5) is 14.5 Å².